The van der Waals surface area contributed by atoms with Gasteiger partial charge in [-0.1, -0.05) is 45.0 Å². The maximum absolute atomic E-state index is 13.4. The third-order valence-electron chi connectivity index (χ3n) is 5.22. The molecule has 0 atom stereocenters. The van der Waals surface area contributed by atoms with Gasteiger partial charge in [0.2, 0.25) is 0 Å². The van der Waals surface area contributed by atoms with Crippen LogP contribution in [0.5, 0.6) is 0 Å². The lowest BCUT2D eigenvalue weighted by Gasteiger charge is -2.19. The van der Waals surface area contributed by atoms with Crippen molar-refractivity contribution in [3.05, 3.63) is 95.3 Å². The molecule has 0 fully saturated rings. The molecule has 1 aliphatic heterocycles. The molecule has 4 rings (SSSR count). The van der Waals surface area contributed by atoms with Crippen molar-refractivity contribution in [1.82, 2.24) is 4.90 Å². The first-order valence-electron chi connectivity index (χ1n) is 10.0. The van der Waals surface area contributed by atoms with E-state index in [0.717, 1.165) is 10.5 Å². The topological polar surface area (TPSA) is 62.6 Å². The molecule has 31 heavy (non-hydrogen) atoms. The monoisotopic (exact) mass is 418 g/mol. The van der Waals surface area contributed by atoms with Crippen LogP contribution in [0.1, 0.15) is 37.7 Å². The molecule has 0 spiro atoms. The van der Waals surface area contributed by atoms with Crippen molar-refractivity contribution in [2.24, 2.45) is 0 Å². The van der Waals surface area contributed by atoms with Crippen LogP contribution >= 0.6 is 0 Å². The molecule has 0 saturated carbocycles. The van der Waals surface area contributed by atoms with Crippen molar-refractivity contribution < 1.29 is 18.4 Å². The Balaban J connectivity index is 1.71. The average Bonchev–Trinajstić information content (AvgIpc) is 3.32. The average molecular weight is 418 g/mol. The van der Waals surface area contributed by atoms with Crippen molar-refractivity contribution in [2.45, 2.75) is 32.7 Å². The van der Waals surface area contributed by atoms with Crippen molar-refractivity contribution in [3.63, 3.8) is 0 Å². The number of nitrogens with zero attached hydrogens (tertiary/aromatic N) is 1. The number of furan rings is 1. The molecule has 1 aromatic heterocycles. The second-order valence-electron chi connectivity index (χ2n) is 8.49. The largest absolute Gasteiger partial charge is 0.467 e. The molecule has 158 valence electrons. The zero-order chi connectivity index (χ0) is 22.2. The van der Waals surface area contributed by atoms with Crippen LogP contribution in [-0.4, -0.2) is 16.7 Å². The molecule has 0 saturated heterocycles. The minimum absolute atomic E-state index is 0.00392. The van der Waals surface area contributed by atoms with Gasteiger partial charge in [0.25, 0.3) is 11.8 Å². The number of imide groups is 1. The Labute approximate surface area is 180 Å². The molecule has 3 aromatic rings. The molecule has 6 heteroatoms. The number of hydrogen-bond acceptors (Lipinski definition) is 4. The van der Waals surface area contributed by atoms with E-state index >= 15 is 0 Å². The smallest absolute Gasteiger partial charge is 0.278 e. The number of amides is 2. The second kappa shape index (κ2) is 7.87. The highest BCUT2D eigenvalue weighted by Crippen LogP contribution is 2.32. The fourth-order valence-corrected chi connectivity index (χ4v) is 3.48. The number of anilines is 1. The van der Waals surface area contributed by atoms with E-state index in [0.29, 0.717) is 17.0 Å². The number of carbonyl (C=O) groups excluding carboxylic acids is 2. The zero-order valence-electron chi connectivity index (χ0n) is 17.6. The summed E-state index contributed by atoms with van der Waals surface area (Å²) in [5, 5.41) is 3.12. The van der Waals surface area contributed by atoms with Crippen LogP contribution in [0.25, 0.3) is 5.57 Å². The summed E-state index contributed by atoms with van der Waals surface area (Å²) in [5.41, 5.74) is 2.66. The van der Waals surface area contributed by atoms with Gasteiger partial charge < -0.3 is 9.73 Å². The summed E-state index contributed by atoms with van der Waals surface area (Å²) in [6.07, 6.45) is 1.49. The summed E-state index contributed by atoms with van der Waals surface area (Å²) in [4.78, 5) is 27.5. The highest BCUT2D eigenvalue weighted by molar-refractivity contribution is 6.36. The third kappa shape index (κ3) is 4.14. The standard InChI is InChI=1S/C25H23FN2O3/c1-25(2,3)17-8-12-19(13-9-17)27-22-21(16-6-10-18(26)11-7-16)23(29)28(24(22)30)15-20-5-4-14-31-20/h4-14,27H,15H2,1-3H3. The van der Waals surface area contributed by atoms with Crippen LogP contribution in [0.15, 0.2) is 77.0 Å². The number of rotatable bonds is 5. The number of hydrogen-bond donors (Lipinski definition) is 1. The molecule has 0 unspecified atom stereocenters. The Bertz CT molecular complexity index is 1140. The van der Waals surface area contributed by atoms with Crippen molar-refractivity contribution >= 4 is 23.1 Å². The third-order valence-corrected chi connectivity index (χ3v) is 5.22. The van der Waals surface area contributed by atoms with E-state index in [1.165, 1.54) is 30.5 Å². The lowest BCUT2D eigenvalue weighted by molar-refractivity contribution is -0.137. The summed E-state index contributed by atoms with van der Waals surface area (Å²) < 4.78 is 18.8. The molecule has 1 N–H and O–H groups in total. The molecule has 2 heterocycles. The van der Waals surface area contributed by atoms with Gasteiger partial charge in [-0.25, -0.2) is 4.39 Å². The van der Waals surface area contributed by atoms with Crippen LogP contribution in [0.4, 0.5) is 10.1 Å². The highest BCUT2D eigenvalue weighted by Gasteiger charge is 2.39. The lowest BCUT2D eigenvalue weighted by Crippen LogP contribution is -2.31. The van der Waals surface area contributed by atoms with Gasteiger partial charge in [0.05, 0.1) is 18.4 Å². The fourth-order valence-electron chi connectivity index (χ4n) is 3.48. The van der Waals surface area contributed by atoms with Gasteiger partial charge in [-0.05, 0) is 52.9 Å². The first-order valence-corrected chi connectivity index (χ1v) is 10.0. The predicted molar refractivity (Wildman–Crippen MR) is 116 cm³/mol. The van der Waals surface area contributed by atoms with E-state index < -0.39 is 17.6 Å². The summed E-state index contributed by atoms with van der Waals surface area (Å²) in [7, 11) is 0. The Morgan fingerprint density at radius 3 is 2.19 bits per heavy atom. The van der Waals surface area contributed by atoms with Crippen LogP contribution in [0.3, 0.4) is 0 Å². The van der Waals surface area contributed by atoms with E-state index in [2.05, 4.69) is 26.1 Å². The Hall–Kier alpha value is -3.67. The Morgan fingerprint density at radius 2 is 1.61 bits per heavy atom. The summed E-state index contributed by atoms with van der Waals surface area (Å²) in [6, 6.07) is 16.7. The van der Waals surface area contributed by atoms with Crippen LogP contribution in [-0.2, 0) is 21.5 Å². The van der Waals surface area contributed by atoms with Crippen molar-refractivity contribution in [3.8, 4) is 0 Å². The van der Waals surface area contributed by atoms with Gasteiger partial charge in [0.1, 0.15) is 17.3 Å². The second-order valence-corrected chi connectivity index (χ2v) is 8.49. The Kier molecular flexibility index (Phi) is 5.23. The van der Waals surface area contributed by atoms with Gasteiger partial charge in [0.15, 0.2) is 0 Å². The molecular formula is C25H23FN2O3. The van der Waals surface area contributed by atoms with E-state index in [1.54, 1.807) is 12.1 Å². The normalized spacial score (nSPS) is 14.5. The van der Waals surface area contributed by atoms with E-state index in [4.69, 9.17) is 4.42 Å². The van der Waals surface area contributed by atoms with Gasteiger partial charge in [0, 0.05) is 5.69 Å². The molecule has 2 aromatic carbocycles. The molecular weight excluding hydrogens is 395 g/mol. The summed E-state index contributed by atoms with van der Waals surface area (Å²) >= 11 is 0. The minimum Gasteiger partial charge on any atom is -0.467 e. The zero-order valence-corrected chi connectivity index (χ0v) is 17.6. The first kappa shape index (κ1) is 20.6. The molecule has 1 aliphatic rings. The number of benzene rings is 2. The van der Waals surface area contributed by atoms with Crippen LogP contribution < -0.4 is 5.32 Å². The van der Waals surface area contributed by atoms with Gasteiger partial charge in [-0.2, -0.15) is 0 Å². The predicted octanol–water partition coefficient (Wildman–Crippen LogP) is 5.11. The SMILES string of the molecule is CC(C)(C)c1ccc(NC2=C(c3ccc(F)cc3)C(=O)N(Cc3ccco3)C2=O)cc1. The van der Waals surface area contributed by atoms with Crippen LogP contribution in [0, 0.1) is 5.82 Å². The Morgan fingerprint density at radius 1 is 0.935 bits per heavy atom. The van der Waals surface area contributed by atoms with Gasteiger partial charge >= 0.3 is 0 Å². The quantitative estimate of drug-likeness (QED) is 0.585. The lowest BCUT2D eigenvalue weighted by atomic mass is 9.87. The van der Waals surface area contributed by atoms with Crippen molar-refractivity contribution in [1.29, 1.82) is 0 Å². The molecule has 2 amide bonds. The van der Waals surface area contributed by atoms with Crippen LogP contribution in [0.2, 0.25) is 0 Å². The van der Waals surface area contributed by atoms with E-state index in [-0.39, 0.29) is 23.2 Å². The van der Waals surface area contributed by atoms with Gasteiger partial charge in [-0.15, -0.1) is 0 Å². The summed E-state index contributed by atoms with van der Waals surface area (Å²) in [5.74, 6) is -0.834. The highest BCUT2D eigenvalue weighted by atomic mass is 19.1. The molecule has 0 radical (unpaired) electrons. The minimum atomic E-state index is -0.458. The maximum Gasteiger partial charge on any atom is 0.278 e. The number of nitrogens with one attached hydrogen (secondary N) is 1. The molecule has 0 bridgehead atoms. The van der Waals surface area contributed by atoms with E-state index in [9.17, 15) is 14.0 Å². The van der Waals surface area contributed by atoms with Gasteiger partial charge in [-0.3, -0.25) is 14.5 Å². The van der Waals surface area contributed by atoms with E-state index in [1.807, 2.05) is 24.3 Å². The fraction of sp³-hybridized carbons (Fsp3) is 0.200. The molecule has 5 nitrogen and oxygen atoms in total. The first-order chi connectivity index (χ1) is 14.7. The maximum atomic E-state index is 13.4. The summed E-state index contributed by atoms with van der Waals surface area (Å²) in [6.45, 7) is 6.38. The number of carbonyl (C=O) groups is 2. The number of halogens is 1. The van der Waals surface area contributed by atoms with Crippen molar-refractivity contribution in [2.75, 3.05) is 5.32 Å². The molecule has 0 aliphatic carbocycles.